The van der Waals surface area contributed by atoms with Crippen molar-refractivity contribution in [3.05, 3.63) is 35.6 Å². The Balaban J connectivity index is 3.08. The predicted octanol–water partition coefficient (Wildman–Crippen LogP) is 3.35. The van der Waals surface area contributed by atoms with Crippen molar-refractivity contribution >= 4 is 0 Å². The van der Waals surface area contributed by atoms with Gasteiger partial charge in [-0.1, -0.05) is 26.0 Å². The summed E-state index contributed by atoms with van der Waals surface area (Å²) in [6.07, 6.45) is 2.12. The van der Waals surface area contributed by atoms with Crippen molar-refractivity contribution in [1.29, 1.82) is 0 Å². The highest BCUT2D eigenvalue weighted by atomic mass is 19.1. The number of rotatable bonds is 9. The van der Waals surface area contributed by atoms with E-state index in [-0.39, 0.29) is 17.9 Å². The van der Waals surface area contributed by atoms with Crippen LogP contribution in [0.25, 0.3) is 0 Å². The Hall–Kier alpha value is -0.970. The molecule has 0 heterocycles. The van der Waals surface area contributed by atoms with Gasteiger partial charge in [0, 0.05) is 31.8 Å². The van der Waals surface area contributed by atoms with Gasteiger partial charge in [-0.2, -0.15) is 0 Å². The normalized spacial score (nSPS) is 14.7. The topological polar surface area (TPSA) is 38.5 Å². The third-order valence-corrected chi connectivity index (χ3v) is 4.03. The first-order valence-electron chi connectivity index (χ1n) is 7.80. The van der Waals surface area contributed by atoms with Crippen molar-refractivity contribution in [1.82, 2.24) is 4.90 Å². The minimum atomic E-state index is -0.215. The minimum Gasteiger partial charge on any atom is -0.383 e. The van der Waals surface area contributed by atoms with Crippen molar-refractivity contribution in [2.75, 3.05) is 20.3 Å². The lowest BCUT2D eigenvalue weighted by atomic mass is 9.96. The van der Waals surface area contributed by atoms with E-state index in [1.54, 1.807) is 7.11 Å². The van der Waals surface area contributed by atoms with Gasteiger partial charge in [0.2, 0.25) is 0 Å². The zero-order chi connectivity index (χ0) is 15.8. The molecule has 1 aromatic rings. The summed E-state index contributed by atoms with van der Waals surface area (Å²) >= 11 is 0. The molecule has 0 aliphatic heterocycles. The number of nitrogens with two attached hydrogens (primary N) is 1. The molecular formula is C17H29FN2O. The summed E-state index contributed by atoms with van der Waals surface area (Å²) in [4.78, 5) is 2.40. The summed E-state index contributed by atoms with van der Waals surface area (Å²) in [5, 5.41) is 0. The number of hydrogen-bond donors (Lipinski definition) is 1. The van der Waals surface area contributed by atoms with Crippen LogP contribution in [0.4, 0.5) is 4.39 Å². The Morgan fingerprint density at radius 2 is 1.76 bits per heavy atom. The molecule has 0 fully saturated rings. The molecule has 0 spiro atoms. The Bertz CT molecular complexity index is 390. The van der Waals surface area contributed by atoms with Crippen LogP contribution in [0.5, 0.6) is 0 Å². The van der Waals surface area contributed by atoms with E-state index in [2.05, 4.69) is 18.7 Å². The molecule has 21 heavy (non-hydrogen) atoms. The van der Waals surface area contributed by atoms with E-state index in [9.17, 15) is 4.39 Å². The Labute approximate surface area is 128 Å². The van der Waals surface area contributed by atoms with E-state index in [0.29, 0.717) is 12.6 Å². The SMILES string of the molecule is CCC(CC)N(CCOC)C(c1ccc(F)cc1)C(C)N. The van der Waals surface area contributed by atoms with Crippen LogP contribution >= 0.6 is 0 Å². The van der Waals surface area contributed by atoms with E-state index in [0.717, 1.165) is 24.9 Å². The van der Waals surface area contributed by atoms with Crippen LogP contribution in [0.15, 0.2) is 24.3 Å². The highest BCUT2D eigenvalue weighted by Gasteiger charge is 2.28. The monoisotopic (exact) mass is 296 g/mol. The molecule has 0 amide bonds. The second-order valence-corrected chi connectivity index (χ2v) is 5.56. The minimum absolute atomic E-state index is 0.0343. The highest BCUT2D eigenvalue weighted by molar-refractivity contribution is 5.21. The maximum atomic E-state index is 13.2. The number of ether oxygens (including phenoxy) is 1. The van der Waals surface area contributed by atoms with Gasteiger partial charge in [-0.15, -0.1) is 0 Å². The van der Waals surface area contributed by atoms with Crippen LogP contribution in [0.3, 0.4) is 0 Å². The summed E-state index contributed by atoms with van der Waals surface area (Å²) < 4.78 is 18.4. The van der Waals surface area contributed by atoms with Gasteiger partial charge in [0.1, 0.15) is 5.82 Å². The molecule has 0 aliphatic rings. The highest BCUT2D eigenvalue weighted by Crippen LogP contribution is 2.28. The standard InChI is InChI=1S/C17H29FN2O/c1-5-16(6-2)20(11-12-21-4)17(13(3)19)14-7-9-15(18)10-8-14/h7-10,13,16-17H,5-6,11-12,19H2,1-4H3. The molecule has 0 radical (unpaired) electrons. The zero-order valence-electron chi connectivity index (χ0n) is 13.7. The van der Waals surface area contributed by atoms with Gasteiger partial charge in [-0.25, -0.2) is 4.39 Å². The molecule has 2 N–H and O–H groups in total. The molecule has 0 aliphatic carbocycles. The van der Waals surface area contributed by atoms with Crippen molar-refractivity contribution in [2.45, 2.75) is 51.7 Å². The van der Waals surface area contributed by atoms with Crippen LogP contribution in [0.1, 0.15) is 45.2 Å². The molecule has 120 valence electrons. The molecule has 0 saturated carbocycles. The lowest BCUT2D eigenvalue weighted by Crippen LogP contribution is -2.46. The molecule has 0 saturated heterocycles. The van der Waals surface area contributed by atoms with E-state index in [1.807, 2.05) is 19.1 Å². The molecular weight excluding hydrogens is 267 g/mol. The third kappa shape index (κ3) is 5.06. The van der Waals surface area contributed by atoms with Crippen LogP contribution in [0, 0.1) is 5.82 Å². The van der Waals surface area contributed by atoms with E-state index in [1.165, 1.54) is 12.1 Å². The number of hydrogen-bond acceptors (Lipinski definition) is 3. The summed E-state index contributed by atoms with van der Waals surface area (Å²) in [5.74, 6) is -0.215. The lowest BCUT2D eigenvalue weighted by Gasteiger charge is -2.39. The second-order valence-electron chi connectivity index (χ2n) is 5.56. The quantitative estimate of drug-likeness (QED) is 0.759. The average molecular weight is 296 g/mol. The first kappa shape index (κ1) is 18.1. The number of methoxy groups -OCH3 is 1. The Morgan fingerprint density at radius 1 is 1.19 bits per heavy atom. The number of benzene rings is 1. The lowest BCUT2D eigenvalue weighted by molar-refractivity contribution is 0.0702. The molecule has 3 nitrogen and oxygen atoms in total. The zero-order valence-corrected chi connectivity index (χ0v) is 13.7. The van der Waals surface area contributed by atoms with Gasteiger partial charge >= 0.3 is 0 Å². The van der Waals surface area contributed by atoms with Crippen LogP contribution in [-0.4, -0.2) is 37.2 Å². The second kappa shape index (κ2) is 9.13. The fourth-order valence-electron chi connectivity index (χ4n) is 2.96. The van der Waals surface area contributed by atoms with E-state index >= 15 is 0 Å². The summed E-state index contributed by atoms with van der Waals surface area (Å²) in [5.41, 5.74) is 7.31. The Kier molecular flexibility index (Phi) is 7.86. The first-order valence-corrected chi connectivity index (χ1v) is 7.80. The van der Waals surface area contributed by atoms with Crippen molar-refractivity contribution < 1.29 is 9.13 Å². The van der Waals surface area contributed by atoms with Gasteiger partial charge in [0.25, 0.3) is 0 Å². The number of nitrogens with zero attached hydrogens (tertiary/aromatic N) is 1. The largest absolute Gasteiger partial charge is 0.383 e. The van der Waals surface area contributed by atoms with Crippen LogP contribution in [-0.2, 0) is 4.74 Å². The van der Waals surface area contributed by atoms with Crippen molar-refractivity contribution in [3.8, 4) is 0 Å². The third-order valence-electron chi connectivity index (χ3n) is 4.03. The Morgan fingerprint density at radius 3 is 2.19 bits per heavy atom. The molecule has 1 aromatic carbocycles. The summed E-state index contributed by atoms with van der Waals surface area (Å²) in [6.45, 7) is 7.89. The van der Waals surface area contributed by atoms with Gasteiger partial charge in [-0.3, -0.25) is 4.90 Å². The smallest absolute Gasteiger partial charge is 0.123 e. The van der Waals surface area contributed by atoms with Gasteiger partial charge in [-0.05, 0) is 37.5 Å². The molecule has 2 atom stereocenters. The summed E-state index contributed by atoms with van der Waals surface area (Å²) in [7, 11) is 1.71. The molecule has 0 aromatic heterocycles. The van der Waals surface area contributed by atoms with E-state index in [4.69, 9.17) is 10.5 Å². The van der Waals surface area contributed by atoms with Crippen molar-refractivity contribution in [2.24, 2.45) is 5.73 Å². The molecule has 4 heteroatoms. The first-order chi connectivity index (χ1) is 10.0. The van der Waals surface area contributed by atoms with Gasteiger partial charge in [0.15, 0.2) is 0 Å². The maximum Gasteiger partial charge on any atom is 0.123 e. The molecule has 1 rings (SSSR count). The van der Waals surface area contributed by atoms with Crippen molar-refractivity contribution in [3.63, 3.8) is 0 Å². The summed E-state index contributed by atoms with van der Waals surface area (Å²) in [6, 6.07) is 7.18. The van der Waals surface area contributed by atoms with Crippen LogP contribution in [0.2, 0.25) is 0 Å². The van der Waals surface area contributed by atoms with Gasteiger partial charge in [0.05, 0.1) is 6.61 Å². The van der Waals surface area contributed by atoms with Gasteiger partial charge < -0.3 is 10.5 Å². The number of halogens is 1. The molecule has 0 bridgehead atoms. The average Bonchev–Trinajstić information content (AvgIpc) is 2.47. The van der Waals surface area contributed by atoms with Crippen LogP contribution < -0.4 is 5.73 Å². The maximum absolute atomic E-state index is 13.2. The van der Waals surface area contributed by atoms with E-state index < -0.39 is 0 Å². The predicted molar refractivity (Wildman–Crippen MR) is 85.7 cm³/mol. The molecule has 2 unspecified atom stereocenters. The fourth-order valence-corrected chi connectivity index (χ4v) is 2.96. The fraction of sp³-hybridized carbons (Fsp3) is 0.647.